The summed E-state index contributed by atoms with van der Waals surface area (Å²) >= 11 is 0. The van der Waals surface area contributed by atoms with Crippen LogP contribution in [0, 0.1) is 0 Å². The number of hydrogen-bond acceptors (Lipinski definition) is 4. The highest BCUT2D eigenvalue weighted by Crippen LogP contribution is 2.16. The molecule has 132 valence electrons. The monoisotopic (exact) mass is 353 g/mol. The molecule has 0 bridgehead atoms. The number of allylic oxidation sites excluding steroid dienone is 1. The van der Waals surface area contributed by atoms with Crippen molar-refractivity contribution in [3.05, 3.63) is 42.5 Å². The van der Waals surface area contributed by atoms with E-state index in [1.807, 2.05) is 0 Å². The second-order valence-corrected chi connectivity index (χ2v) is 8.24. The Labute approximate surface area is 142 Å². The van der Waals surface area contributed by atoms with E-state index in [2.05, 4.69) is 11.9 Å². The smallest absolute Gasteiger partial charge is 0.326 e. The number of rotatable bonds is 9. The molecule has 1 rings (SSSR count). The zero-order valence-corrected chi connectivity index (χ0v) is 14.7. The van der Waals surface area contributed by atoms with Crippen molar-refractivity contribution in [1.29, 1.82) is 0 Å². The quantitative estimate of drug-likeness (QED) is 0.661. The fourth-order valence-electron chi connectivity index (χ4n) is 2.04. The van der Waals surface area contributed by atoms with E-state index in [-0.39, 0.29) is 17.7 Å². The molecule has 1 atom stereocenters. The summed E-state index contributed by atoms with van der Waals surface area (Å²) in [6, 6.07) is 5.09. The van der Waals surface area contributed by atoms with E-state index in [1.54, 1.807) is 32.1 Å². The van der Waals surface area contributed by atoms with Gasteiger partial charge in [-0.05, 0) is 44.4 Å². The van der Waals surface area contributed by atoms with Crippen LogP contribution in [0.2, 0.25) is 0 Å². The number of aliphatic carboxylic acids is 1. The van der Waals surface area contributed by atoms with Crippen LogP contribution in [-0.4, -0.2) is 36.7 Å². The molecule has 0 aromatic heterocycles. The molecule has 0 aliphatic rings. The maximum absolute atomic E-state index is 12.0. The first-order valence-corrected chi connectivity index (χ1v) is 9.19. The molecule has 6 nitrogen and oxygen atoms in total. The summed E-state index contributed by atoms with van der Waals surface area (Å²) in [6.07, 6.45) is 2.34. The highest BCUT2D eigenvalue weighted by Gasteiger charge is 2.20. The SMILES string of the molecule is C=CCCC(NC(=O)Cc1ccc(S(=O)(=O)C(C)C)cc1)C(=O)O. The van der Waals surface area contributed by atoms with Crippen LogP contribution in [-0.2, 0) is 25.8 Å². The molecule has 0 fully saturated rings. The molecule has 0 saturated carbocycles. The molecular weight excluding hydrogens is 330 g/mol. The summed E-state index contributed by atoms with van der Waals surface area (Å²) in [5, 5.41) is 11.0. The Morgan fingerprint density at radius 2 is 1.83 bits per heavy atom. The Balaban J connectivity index is 2.74. The van der Waals surface area contributed by atoms with Gasteiger partial charge in [-0.25, -0.2) is 13.2 Å². The number of amides is 1. The Kier molecular flexibility index (Phi) is 7.16. The van der Waals surface area contributed by atoms with Crippen LogP contribution in [0.5, 0.6) is 0 Å². The number of carbonyl (C=O) groups is 2. The number of carboxylic acids is 1. The lowest BCUT2D eigenvalue weighted by Crippen LogP contribution is -2.41. The van der Waals surface area contributed by atoms with Gasteiger partial charge in [0.15, 0.2) is 9.84 Å². The third-order valence-electron chi connectivity index (χ3n) is 3.53. The van der Waals surface area contributed by atoms with Crippen molar-refractivity contribution in [3.63, 3.8) is 0 Å². The predicted octanol–water partition coefficient (Wildman–Crippen LogP) is 1.95. The molecule has 0 radical (unpaired) electrons. The van der Waals surface area contributed by atoms with Crippen molar-refractivity contribution in [1.82, 2.24) is 5.32 Å². The number of benzene rings is 1. The van der Waals surface area contributed by atoms with Gasteiger partial charge in [-0.15, -0.1) is 6.58 Å². The van der Waals surface area contributed by atoms with Crippen LogP contribution in [0.25, 0.3) is 0 Å². The van der Waals surface area contributed by atoms with E-state index in [9.17, 15) is 18.0 Å². The largest absolute Gasteiger partial charge is 0.480 e. The fraction of sp³-hybridized carbons (Fsp3) is 0.412. The average molecular weight is 353 g/mol. The summed E-state index contributed by atoms with van der Waals surface area (Å²) in [5.74, 6) is -1.52. The molecule has 1 aromatic carbocycles. The molecule has 0 aliphatic carbocycles. The van der Waals surface area contributed by atoms with Crippen molar-refractivity contribution >= 4 is 21.7 Å². The molecule has 1 amide bonds. The Hall–Kier alpha value is -2.15. The Morgan fingerprint density at radius 1 is 1.25 bits per heavy atom. The van der Waals surface area contributed by atoms with Gasteiger partial charge in [0.2, 0.25) is 5.91 Å². The summed E-state index contributed by atoms with van der Waals surface area (Å²) in [6.45, 7) is 6.73. The Morgan fingerprint density at radius 3 is 2.29 bits per heavy atom. The minimum Gasteiger partial charge on any atom is -0.480 e. The highest BCUT2D eigenvalue weighted by atomic mass is 32.2. The maximum atomic E-state index is 12.0. The van der Waals surface area contributed by atoms with Crippen molar-refractivity contribution in [2.75, 3.05) is 0 Å². The summed E-state index contributed by atoms with van der Waals surface area (Å²) < 4.78 is 24.1. The lowest BCUT2D eigenvalue weighted by molar-refractivity contribution is -0.141. The second-order valence-electron chi connectivity index (χ2n) is 5.74. The molecule has 24 heavy (non-hydrogen) atoms. The number of carboxylic acid groups (broad SMARTS) is 1. The molecule has 0 aliphatic heterocycles. The van der Waals surface area contributed by atoms with E-state index in [1.165, 1.54) is 12.1 Å². The predicted molar refractivity (Wildman–Crippen MR) is 91.5 cm³/mol. The molecule has 1 unspecified atom stereocenters. The van der Waals surface area contributed by atoms with Gasteiger partial charge in [-0.1, -0.05) is 18.2 Å². The molecule has 0 heterocycles. The topological polar surface area (TPSA) is 101 Å². The molecule has 1 aromatic rings. The summed E-state index contributed by atoms with van der Waals surface area (Å²) in [7, 11) is -3.35. The minimum atomic E-state index is -3.35. The van der Waals surface area contributed by atoms with Gasteiger partial charge in [0.25, 0.3) is 0 Å². The first kappa shape index (κ1) is 19.9. The molecule has 2 N–H and O–H groups in total. The summed E-state index contributed by atoms with van der Waals surface area (Å²) in [5.41, 5.74) is 0.614. The fourth-order valence-corrected chi connectivity index (χ4v) is 3.10. The van der Waals surface area contributed by atoms with Crippen molar-refractivity contribution < 1.29 is 23.1 Å². The van der Waals surface area contributed by atoms with Gasteiger partial charge in [0, 0.05) is 0 Å². The average Bonchev–Trinajstić information content (AvgIpc) is 2.51. The second kappa shape index (κ2) is 8.63. The van der Waals surface area contributed by atoms with Gasteiger partial charge in [-0.2, -0.15) is 0 Å². The first-order valence-electron chi connectivity index (χ1n) is 7.64. The zero-order valence-electron chi connectivity index (χ0n) is 13.9. The van der Waals surface area contributed by atoms with Gasteiger partial charge in [0.05, 0.1) is 16.6 Å². The van der Waals surface area contributed by atoms with Crippen molar-refractivity contribution in [2.45, 2.75) is 49.3 Å². The van der Waals surface area contributed by atoms with Crippen LogP contribution in [0.15, 0.2) is 41.8 Å². The van der Waals surface area contributed by atoms with E-state index < -0.39 is 33.0 Å². The van der Waals surface area contributed by atoms with Crippen LogP contribution < -0.4 is 5.32 Å². The van der Waals surface area contributed by atoms with E-state index in [4.69, 9.17) is 5.11 Å². The maximum Gasteiger partial charge on any atom is 0.326 e. The minimum absolute atomic E-state index is 0.0140. The number of sulfone groups is 1. The first-order chi connectivity index (χ1) is 11.2. The van der Waals surface area contributed by atoms with Crippen LogP contribution in [0.4, 0.5) is 0 Å². The highest BCUT2D eigenvalue weighted by molar-refractivity contribution is 7.92. The number of carbonyl (C=O) groups excluding carboxylic acids is 1. The zero-order chi connectivity index (χ0) is 18.3. The normalized spacial score (nSPS) is 12.6. The molecular formula is C17H23NO5S. The van der Waals surface area contributed by atoms with E-state index >= 15 is 0 Å². The van der Waals surface area contributed by atoms with Crippen molar-refractivity contribution in [3.8, 4) is 0 Å². The third-order valence-corrected chi connectivity index (χ3v) is 5.70. The van der Waals surface area contributed by atoms with Crippen molar-refractivity contribution in [2.24, 2.45) is 0 Å². The number of nitrogens with one attached hydrogen (secondary N) is 1. The van der Waals surface area contributed by atoms with Gasteiger partial charge in [0.1, 0.15) is 6.04 Å². The summed E-state index contributed by atoms with van der Waals surface area (Å²) in [4.78, 5) is 23.3. The lowest BCUT2D eigenvalue weighted by atomic mass is 10.1. The van der Waals surface area contributed by atoms with E-state index in [0.717, 1.165) is 0 Å². The standard InChI is InChI=1S/C17H23NO5S/c1-4-5-6-15(17(20)21)18-16(19)11-13-7-9-14(10-8-13)24(22,23)12(2)3/h4,7-10,12,15H,1,5-6,11H2,2-3H3,(H,18,19)(H,20,21). The van der Waals surface area contributed by atoms with Crippen LogP contribution >= 0.6 is 0 Å². The van der Waals surface area contributed by atoms with E-state index in [0.29, 0.717) is 12.0 Å². The molecule has 0 saturated heterocycles. The number of hydrogen-bond donors (Lipinski definition) is 2. The third kappa shape index (κ3) is 5.49. The van der Waals surface area contributed by atoms with Crippen LogP contribution in [0.1, 0.15) is 32.3 Å². The van der Waals surface area contributed by atoms with Gasteiger partial charge >= 0.3 is 5.97 Å². The van der Waals surface area contributed by atoms with Gasteiger partial charge in [-0.3, -0.25) is 4.79 Å². The molecule has 0 spiro atoms. The lowest BCUT2D eigenvalue weighted by Gasteiger charge is -2.14. The Bertz CT molecular complexity index is 692. The van der Waals surface area contributed by atoms with Crippen LogP contribution in [0.3, 0.4) is 0 Å². The molecule has 7 heteroatoms. The van der Waals surface area contributed by atoms with Gasteiger partial charge < -0.3 is 10.4 Å².